The molecule has 2 heterocycles. The molecule has 3 aromatic rings. The molecule has 27 heavy (non-hydrogen) atoms. The minimum Gasteiger partial charge on any atom is -0.465 e. The average Bonchev–Trinajstić information content (AvgIpc) is 3.28. The summed E-state index contributed by atoms with van der Waals surface area (Å²) in [6.45, 7) is 2.40. The van der Waals surface area contributed by atoms with Crippen molar-refractivity contribution in [1.82, 2.24) is 9.71 Å². The summed E-state index contributed by atoms with van der Waals surface area (Å²) >= 11 is 1.21. The van der Waals surface area contributed by atoms with Gasteiger partial charge in [-0.25, -0.2) is 18.1 Å². The van der Waals surface area contributed by atoms with Crippen molar-refractivity contribution >= 4 is 48.7 Å². The minimum atomic E-state index is -3.55. The second-order valence-corrected chi connectivity index (χ2v) is 8.54. The Morgan fingerprint density at radius 3 is 2.93 bits per heavy atom. The lowest BCUT2D eigenvalue weighted by atomic mass is 10.3. The molecule has 3 rings (SSSR count). The SMILES string of the molecule is CCCCNS(=O)(=O)c1ccc2nc(NC(=O)/C=C/c3ccco3)sc2c1. The second-order valence-electron chi connectivity index (χ2n) is 5.74. The zero-order chi connectivity index (χ0) is 19.3. The number of carbonyl (C=O) groups excluding carboxylic acids is 1. The molecule has 1 amide bonds. The van der Waals surface area contributed by atoms with E-state index in [4.69, 9.17) is 4.42 Å². The topological polar surface area (TPSA) is 101 Å². The van der Waals surface area contributed by atoms with Crippen LogP contribution in [0.2, 0.25) is 0 Å². The zero-order valence-electron chi connectivity index (χ0n) is 14.6. The molecule has 142 valence electrons. The number of nitrogens with zero attached hydrogens (tertiary/aromatic N) is 1. The summed E-state index contributed by atoms with van der Waals surface area (Å²) in [7, 11) is -3.55. The summed E-state index contributed by atoms with van der Waals surface area (Å²) in [6, 6.07) is 8.18. The van der Waals surface area contributed by atoms with E-state index in [0.717, 1.165) is 12.8 Å². The number of anilines is 1. The number of amides is 1. The van der Waals surface area contributed by atoms with E-state index in [1.54, 1.807) is 30.3 Å². The van der Waals surface area contributed by atoms with Crippen LogP contribution in [0.1, 0.15) is 25.5 Å². The fraction of sp³-hybridized carbons (Fsp3) is 0.222. The molecule has 0 aliphatic carbocycles. The highest BCUT2D eigenvalue weighted by Gasteiger charge is 2.15. The molecule has 7 nitrogen and oxygen atoms in total. The van der Waals surface area contributed by atoms with Crippen LogP contribution in [-0.2, 0) is 14.8 Å². The minimum absolute atomic E-state index is 0.186. The first-order valence-electron chi connectivity index (χ1n) is 8.41. The van der Waals surface area contributed by atoms with E-state index in [0.29, 0.717) is 27.7 Å². The Morgan fingerprint density at radius 1 is 1.33 bits per heavy atom. The van der Waals surface area contributed by atoms with Crippen molar-refractivity contribution in [2.24, 2.45) is 0 Å². The fourth-order valence-corrected chi connectivity index (χ4v) is 4.37. The number of hydrogen-bond donors (Lipinski definition) is 2. The number of unbranched alkanes of at least 4 members (excludes halogenated alkanes) is 1. The van der Waals surface area contributed by atoms with Gasteiger partial charge < -0.3 is 4.42 Å². The quantitative estimate of drug-likeness (QED) is 0.440. The molecule has 2 aromatic heterocycles. The molecule has 0 atom stereocenters. The molecule has 0 aliphatic rings. The van der Waals surface area contributed by atoms with E-state index in [-0.39, 0.29) is 10.8 Å². The fourth-order valence-electron chi connectivity index (χ4n) is 2.28. The van der Waals surface area contributed by atoms with Crippen LogP contribution < -0.4 is 10.0 Å². The molecule has 1 aromatic carbocycles. The molecular weight excluding hydrogens is 386 g/mol. The number of fused-ring (bicyclic) bond motifs is 1. The predicted octanol–water partition coefficient (Wildman–Crippen LogP) is 3.62. The molecule has 0 aliphatic heterocycles. The Balaban J connectivity index is 1.73. The van der Waals surface area contributed by atoms with E-state index < -0.39 is 10.0 Å². The number of rotatable bonds is 8. The van der Waals surface area contributed by atoms with Crippen molar-refractivity contribution in [3.63, 3.8) is 0 Å². The number of hydrogen-bond acceptors (Lipinski definition) is 6. The lowest BCUT2D eigenvalue weighted by Gasteiger charge is -2.05. The summed E-state index contributed by atoms with van der Waals surface area (Å²) in [5, 5.41) is 3.06. The van der Waals surface area contributed by atoms with Crippen LogP contribution in [0.3, 0.4) is 0 Å². The van der Waals surface area contributed by atoms with Gasteiger partial charge in [-0.3, -0.25) is 10.1 Å². The van der Waals surface area contributed by atoms with Crippen LogP contribution in [0, 0.1) is 0 Å². The van der Waals surface area contributed by atoms with E-state index in [9.17, 15) is 13.2 Å². The van der Waals surface area contributed by atoms with Crippen molar-refractivity contribution in [2.75, 3.05) is 11.9 Å². The Kier molecular flexibility index (Phi) is 6.04. The van der Waals surface area contributed by atoms with Crippen LogP contribution >= 0.6 is 11.3 Å². The van der Waals surface area contributed by atoms with Gasteiger partial charge in [0.05, 0.1) is 21.4 Å². The number of aromatic nitrogens is 1. The molecule has 0 unspecified atom stereocenters. The molecule has 0 bridgehead atoms. The highest BCUT2D eigenvalue weighted by molar-refractivity contribution is 7.89. The Labute approximate surface area is 161 Å². The van der Waals surface area contributed by atoms with Gasteiger partial charge in [0.15, 0.2) is 5.13 Å². The lowest BCUT2D eigenvalue weighted by Crippen LogP contribution is -2.24. The van der Waals surface area contributed by atoms with Gasteiger partial charge in [-0.2, -0.15) is 0 Å². The van der Waals surface area contributed by atoms with Crippen molar-refractivity contribution in [1.29, 1.82) is 0 Å². The van der Waals surface area contributed by atoms with Crippen LogP contribution in [0.15, 0.2) is 52.0 Å². The van der Waals surface area contributed by atoms with E-state index in [1.165, 1.54) is 29.7 Å². The summed E-state index contributed by atoms with van der Waals surface area (Å²) in [5.41, 5.74) is 0.623. The lowest BCUT2D eigenvalue weighted by molar-refractivity contribution is -0.111. The maximum Gasteiger partial charge on any atom is 0.250 e. The smallest absolute Gasteiger partial charge is 0.250 e. The largest absolute Gasteiger partial charge is 0.465 e. The molecule has 0 radical (unpaired) electrons. The summed E-state index contributed by atoms with van der Waals surface area (Å²) in [6.07, 6.45) is 6.11. The third-order valence-corrected chi connectivity index (χ3v) is 6.06. The molecular formula is C18H19N3O4S2. The summed E-state index contributed by atoms with van der Waals surface area (Å²) in [5.74, 6) is 0.222. The van der Waals surface area contributed by atoms with Gasteiger partial charge in [-0.1, -0.05) is 24.7 Å². The first-order valence-corrected chi connectivity index (χ1v) is 10.7. The van der Waals surface area contributed by atoms with E-state index in [1.807, 2.05) is 6.92 Å². The van der Waals surface area contributed by atoms with Crippen molar-refractivity contribution < 1.29 is 17.6 Å². The van der Waals surface area contributed by atoms with Gasteiger partial charge in [0.2, 0.25) is 15.9 Å². The maximum atomic E-state index is 12.3. The monoisotopic (exact) mass is 405 g/mol. The molecule has 0 spiro atoms. The van der Waals surface area contributed by atoms with Gasteiger partial charge in [-0.15, -0.1) is 0 Å². The van der Waals surface area contributed by atoms with Gasteiger partial charge >= 0.3 is 0 Å². The maximum absolute atomic E-state index is 12.3. The highest BCUT2D eigenvalue weighted by atomic mass is 32.2. The number of thiazole rings is 1. The molecule has 9 heteroatoms. The van der Waals surface area contributed by atoms with Crippen LogP contribution in [0.5, 0.6) is 0 Å². The number of benzene rings is 1. The Morgan fingerprint density at radius 2 is 2.19 bits per heavy atom. The normalized spacial score (nSPS) is 12.0. The number of sulfonamides is 1. The van der Waals surface area contributed by atoms with Gasteiger partial charge in [0, 0.05) is 12.6 Å². The number of nitrogens with one attached hydrogen (secondary N) is 2. The second kappa shape index (κ2) is 8.47. The Hall–Kier alpha value is -2.49. The molecule has 0 saturated carbocycles. The molecule has 2 N–H and O–H groups in total. The number of carbonyl (C=O) groups is 1. The molecule has 0 fully saturated rings. The van der Waals surface area contributed by atoms with Gasteiger partial charge in [0.25, 0.3) is 0 Å². The van der Waals surface area contributed by atoms with Crippen molar-refractivity contribution in [3.8, 4) is 0 Å². The number of furan rings is 1. The highest BCUT2D eigenvalue weighted by Crippen LogP contribution is 2.28. The predicted molar refractivity (Wildman–Crippen MR) is 106 cm³/mol. The van der Waals surface area contributed by atoms with Crippen LogP contribution in [0.4, 0.5) is 5.13 Å². The first kappa shape index (κ1) is 19.3. The van der Waals surface area contributed by atoms with Gasteiger partial charge in [-0.05, 0) is 42.8 Å². The average molecular weight is 406 g/mol. The standard InChI is InChI=1S/C18H19N3O4S2/c1-2-3-10-19-27(23,24)14-7-8-15-16(12-14)26-18(20-15)21-17(22)9-6-13-5-4-11-25-13/h4-9,11-12,19H,2-3,10H2,1H3,(H,20,21,22)/b9-6+. The summed E-state index contributed by atoms with van der Waals surface area (Å²) < 4.78 is 33.0. The third kappa shape index (κ3) is 5.03. The Bertz CT molecular complexity index is 1050. The van der Waals surface area contributed by atoms with Crippen LogP contribution in [-0.4, -0.2) is 25.9 Å². The molecule has 0 saturated heterocycles. The van der Waals surface area contributed by atoms with Crippen molar-refractivity contribution in [2.45, 2.75) is 24.7 Å². The summed E-state index contributed by atoms with van der Waals surface area (Å²) in [4.78, 5) is 16.5. The van der Waals surface area contributed by atoms with Gasteiger partial charge in [0.1, 0.15) is 5.76 Å². The van der Waals surface area contributed by atoms with Crippen LogP contribution in [0.25, 0.3) is 16.3 Å². The van der Waals surface area contributed by atoms with Crippen molar-refractivity contribution in [3.05, 3.63) is 48.4 Å². The van der Waals surface area contributed by atoms with E-state index >= 15 is 0 Å². The third-order valence-electron chi connectivity index (χ3n) is 3.66. The zero-order valence-corrected chi connectivity index (χ0v) is 16.3. The first-order chi connectivity index (χ1) is 13.0. The van der Waals surface area contributed by atoms with E-state index in [2.05, 4.69) is 15.0 Å².